The predicted octanol–water partition coefficient (Wildman–Crippen LogP) is 4.62. The molecule has 0 aliphatic rings. The van der Waals surface area contributed by atoms with E-state index < -0.39 is 0 Å². The molecular formula is C20H16BrN3O2. The second kappa shape index (κ2) is 6.80. The van der Waals surface area contributed by atoms with Gasteiger partial charge in [-0.1, -0.05) is 34.1 Å². The summed E-state index contributed by atoms with van der Waals surface area (Å²) < 4.78 is 8.49. The van der Waals surface area contributed by atoms with Crippen LogP contribution >= 0.6 is 15.9 Å². The quantitative estimate of drug-likeness (QED) is 0.534. The minimum absolute atomic E-state index is 0.231. The van der Waals surface area contributed by atoms with Crippen LogP contribution in [0.5, 0.6) is 0 Å². The molecule has 0 radical (unpaired) electrons. The molecule has 6 heteroatoms. The Kier molecular flexibility index (Phi) is 4.34. The number of carbonyl (C=O) groups excluding carboxylic acids is 1. The van der Waals surface area contributed by atoms with Gasteiger partial charge in [-0.15, -0.1) is 0 Å². The minimum Gasteiger partial charge on any atom is -0.451 e. The van der Waals surface area contributed by atoms with Gasteiger partial charge in [0.25, 0.3) is 5.91 Å². The molecule has 0 aliphatic heterocycles. The number of nitrogens with one attached hydrogen (secondary N) is 1. The van der Waals surface area contributed by atoms with E-state index in [2.05, 4.69) is 26.3 Å². The van der Waals surface area contributed by atoms with E-state index in [1.165, 1.54) is 0 Å². The molecule has 2 aromatic heterocycles. The number of furan rings is 1. The molecule has 130 valence electrons. The van der Waals surface area contributed by atoms with Crippen molar-refractivity contribution in [3.63, 3.8) is 0 Å². The highest BCUT2D eigenvalue weighted by Gasteiger charge is 2.18. The van der Waals surface area contributed by atoms with Crippen LogP contribution in [-0.4, -0.2) is 15.7 Å². The van der Waals surface area contributed by atoms with E-state index in [0.29, 0.717) is 17.9 Å². The molecule has 0 unspecified atom stereocenters. The summed E-state index contributed by atoms with van der Waals surface area (Å²) in [6.45, 7) is 2.28. The molecule has 0 saturated heterocycles. The van der Waals surface area contributed by atoms with E-state index in [9.17, 15) is 4.79 Å². The first-order valence-electron chi connectivity index (χ1n) is 8.18. The van der Waals surface area contributed by atoms with Gasteiger partial charge < -0.3 is 9.73 Å². The van der Waals surface area contributed by atoms with Crippen LogP contribution in [0.2, 0.25) is 0 Å². The zero-order chi connectivity index (χ0) is 18.1. The van der Waals surface area contributed by atoms with Crippen molar-refractivity contribution in [1.29, 1.82) is 0 Å². The van der Waals surface area contributed by atoms with Crippen molar-refractivity contribution in [3.8, 4) is 5.69 Å². The van der Waals surface area contributed by atoms with E-state index in [1.807, 2.05) is 61.7 Å². The molecule has 0 saturated carbocycles. The maximum absolute atomic E-state index is 12.7. The molecule has 4 rings (SSSR count). The van der Waals surface area contributed by atoms with Crippen molar-refractivity contribution in [1.82, 2.24) is 15.1 Å². The second-order valence-corrected chi connectivity index (χ2v) is 6.87. The largest absolute Gasteiger partial charge is 0.451 e. The smallest absolute Gasteiger partial charge is 0.287 e. The Labute approximate surface area is 158 Å². The van der Waals surface area contributed by atoms with Gasteiger partial charge in [-0.2, -0.15) is 5.10 Å². The average Bonchev–Trinajstić information content (AvgIpc) is 3.29. The molecule has 0 bridgehead atoms. The third-order valence-electron chi connectivity index (χ3n) is 4.29. The number of hydrogen-bond acceptors (Lipinski definition) is 3. The second-order valence-electron chi connectivity index (χ2n) is 5.96. The Bertz CT molecular complexity index is 1080. The highest BCUT2D eigenvalue weighted by atomic mass is 79.9. The van der Waals surface area contributed by atoms with Crippen LogP contribution < -0.4 is 5.32 Å². The molecule has 0 atom stereocenters. The fraction of sp³-hybridized carbons (Fsp3) is 0.100. The van der Waals surface area contributed by atoms with Gasteiger partial charge in [0.15, 0.2) is 5.76 Å². The Morgan fingerprint density at radius 1 is 1.23 bits per heavy atom. The Morgan fingerprint density at radius 3 is 2.88 bits per heavy atom. The molecular weight excluding hydrogens is 394 g/mol. The number of carbonyl (C=O) groups is 1. The fourth-order valence-corrected chi connectivity index (χ4v) is 3.32. The molecule has 0 fully saturated rings. The number of para-hydroxylation sites is 1. The summed E-state index contributed by atoms with van der Waals surface area (Å²) in [5, 5.41) is 8.14. The molecule has 2 heterocycles. The van der Waals surface area contributed by atoms with Crippen LogP contribution in [0.4, 0.5) is 0 Å². The molecule has 0 aliphatic carbocycles. The number of amides is 1. The van der Waals surface area contributed by atoms with Crippen LogP contribution in [0.3, 0.4) is 0 Å². The first kappa shape index (κ1) is 16.6. The summed E-state index contributed by atoms with van der Waals surface area (Å²) in [5.41, 5.74) is 3.44. The topological polar surface area (TPSA) is 60.1 Å². The predicted molar refractivity (Wildman–Crippen MR) is 103 cm³/mol. The normalized spacial score (nSPS) is 11.0. The lowest BCUT2D eigenvalue weighted by atomic mass is 10.1. The van der Waals surface area contributed by atoms with E-state index in [-0.39, 0.29) is 5.91 Å². The highest BCUT2D eigenvalue weighted by molar-refractivity contribution is 9.10. The van der Waals surface area contributed by atoms with E-state index in [1.54, 1.807) is 10.9 Å². The van der Waals surface area contributed by atoms with Crippen LogP contribution in [0.1, 0.15) is 21.7 Å². The third-order valence-corrected chi connectivity index (χ3v) is 4.78. The summed E-state index contributed by atoms with van der Waals surface area (Å²) in [6, 6.07) is 15.4. The molecule has 1 N–H and O–H groups in total. The van der Waals surface area contributed by atoms with Crippen LogP contribution in [0.15, 0.2) is 69.8 Å². The maximum atomic E-state index is 12.7. The highest BCUT2D eigenvalue weighted by Crippen LogP contribution is 2.28. The van der Waals surface area contributed by atoms with Gasteiger partial charge in [0, 0.05) is 34.4 Å². The van der Waals surface area contributed by atoms with Gasteiger partial charge in [-0.05, 0) is 42.8 Å². The molecule has 2 aromatic carbocycles. The number of aromatic nitrogens is 2. The summed E-state index contributed by atoms with van der Waals surface area (Å²) in [6.07, 6.45) is 3.60. The Balaban J connectivity index is 1.58. The number of aryl methyl sites for hydroxylation is 1. The van der Waals surface area contributed by atoms with Crippen LogP contribution in [0, 0.1) is 6.92 Å². The Hall–Kier alpha value is -2.86. The summed E-state index contributed by atoms with van der Waals surface area (Å²) in [7, 11) is 0. The zero-order valence-corrected chi connectivity index (χ0v) is 15.7. The number of hydrogen-bond donors (Lipinski definition) is 1. The lowest BCUT2D eigenvalue weighted by Gasteiger charge is -2.10. The van der Waals surface area contributed by atoms with Crippen LogP contribution in [-0.2, 0) is 6.54 Å². The van der Waals surface area contributed by atoms with Crippen molar-refractivity contribution in [2.45, 2.75) is 13.5 Å². The van der Waals surface area contributed by atoms with E-state index in [4.69, 9.17) is 4.42 Å². The number of nitrogens with zero attached hydrogens (tertiary/aromatic N) is 2. The monoisotopic (exact) mass is 409 g/mol. The van der Waals surface area contributed by atoms with Crippen LogP contribution in [0.25, 0.3) is 16.7 Å². The molecule has 26 heavy (non-hydrogen) atoms. The van der Waals surface area contributed by atoms with E-state index in [0.717, 1.165) is 26.7 Å². The SMILES string of the molecule is Cc1c(C(=O)NCc2ccccc2-n2cccn2)oc2ccc(Br)cc12. The van der Waals surface area contributed by atoms with Crippen molar-refractivity contribution >= 4 is 32.8 Å². The van der Waals surface area contributed by atoms with Gasteiger partial charge in [-0.25, -0.2) is 4.68 Å². The number of fused-ring (bicyclic) bond motifs is 1. The molecule has 0 spiro atoms. The van der Waals surface area contributed by atoms with E-state index >= 15 is 0 Å². The lowest BCUT2D eigenvalue weighted by Crippen LogP contribution is -2.23. The molecule has 4 aromatic rings. The fourth-order valence-electron chi connectivity index (χ4n) is 2.96. The minimum atomic E-state index is -0.231. The van der Waals surface area contributed by atoms with Crippen molar-refractivity contribution < 1.29 is 9.21 Å². The van der Waals surface area contributed by atoms with Gasteiger partial charge >= 0.3 is 0 Å². The first-order valence-corrected chi connectivity index (χ1v) is 8.97. The number of halogens is 1. The maximum Gasteiger partial charge on any atom is 0.287 e. The van der Waals surface area contributed by atoms with Gasteiger partial charge in [0.2, 0.25) is 0 Å². The first-order chi connectivity index (χ1) is 12.6. The van der Waals surface area contributed by atoms with Crippen molar-refractivity contribution in [3.05, 3.63) is 82.3 Å². The van der Waals surface area contributed by atoms with Gasteiger partial charge in [0.1, 0.15) is 5.58 Å². The molecule has 1 amide bonds. The van der Waals surface area contributed by atoms with Gasteiger partial charge in [-0.3, -0.25) is 4.79 Å². The zero-order valence-electron chi connectivity index (χ0n) is 14.1. The van der Waals surface area contributed by atoms with Gasteiger partial charge in [0.05, 0.1) is 5.69 Å². The number of rotatable bonds is 4. The number of benzene rings is 2. The summed E-state index contributed by atoms with van der Waals surface area (Å²) in [4.78, 5) is 12.7. The van der Waals surface area contributed by atoms with Crippen molar-refractivity contribution in [2.24, 2.45) is 0 Å². The lowest BCUT2D eigenvalue weighted by molar-refractivity contribution is 0.0924. The van der Waals surface area contributed by atoms with Crippen molar-refractivity contribution in [2.75, 3.05) is 0 Å². The average molecular weight is 410 g/mol. The molecule has 5 nitrogen and oxygen atoms in total. The third kappa shape index (κ3) is 3.04. The summed E-state index contributed by atoms with van der Waals surface area (Å²) in [5.74, 6) is 0.111. The standard InChI is InChI=1S/C20H16BrN3O2/c1-13-16-11-15(21)7-8-18(16)26-19(13)20(25)22-12-14-5-2-3-6-17(14)24-10-4-9-23-24/h2-11H,12H2,1H3,(H,22,25). The Morgan fingerprint density at radius 2 is 2.08 bits per heavy atom. The summed E-state index contributed by atoms with van der Waals surface area (Å²) >= 11 is 3.45.